The Balaban J connectivity index is 1.60. The number of sulfone groups is 1. The maximum atomic E-state index is 12.3. The topological polar surface area (TPSA) is 119 Å². The molecule has 3 rings (SSSR count). The van der Waals surface area contributed by atoms with Crippen molar-refractivity contribution in [1.82, 2.24) is 10.3 Å². The van der Waals surface area contributed by atoms with Gasteiger partial charge in [0.2, 0.25) is 0 Å². The van der Waals surface area contributed by atoms with Crippen molar-refractivity contribution in [3.63, 3.8) is 0 Å². The Bertz CT molecular complexity index is 991. The Morgan fingerprint density at radius 1 is 1.29 bits per heavy atom. The van der Waals surface area contributed by atoms with E-state index in [0.29, 0.717) is 13.0 Å². The number of nitrogens with zero attached hydrogens (tertiary/aromatic N) is 2. The van der Waals surface area contributed by atoms with Gasteiger partial charge in [-0.25, -0.2) is 13.4 Å². The summed E-state index contributed by atoms with van der Waals surface area (Å²) < 4.78 is 23.4. The number of aromatic nitrogens is 1. The summed E-state index contributed by atoms with van der Waals surface area (Å²) in [5.41, 5.74) is 0.737. The molecular weight excluding hydrogens is 402 g/mol. The smallest absolute Gasteiger partial charge is 0.271 e. The molecule has 1 N–H and O–H groups in total. The monoisotopic (exact) mass is 423 g/mol. The summed E-state index contributed by atoms with van der Waals surface area (Å²) in [6.07, 6.45) is 6.92. The first-order valence-corrected chi connectivity index (χ1v) is 11.7. The zero-order valence-corrected chi connectivity index (χ0v) is 17.1. The molecule has 2 aromatic rings. The number of nitro benzene ring substituents is 1. The molecule has 0 bridgehead atoms. The third-order valence-electron chi connectivity index (χ3n) is 4.54. The largest absolute Gasteiger partial charge is 0.352 e. The Labute approximate surface area is 167 Å². The van der Waals surface area contributed by atoms with E-state index in [4.69, 9.17) is 0 Å². The van der Waals surface area contributed by atoms with E-state index in [1.165, 1.54) is 23.4 Å². The van der Waals surface area contributed by atoms with E-state index in [1.807, 2.05) is 0 Å². The number of nitro groups is 1. The van der Waals surface area contributed by atoms with Crippen LogP contribution in [0, 0.1) is 10.1 Å². The number of hydrogen-bond acceptors (Lipinski definition) is 7. The number of rotatable bonds is 7. The van der Waals surface area contributed by atoms with Gasteiger partial charge >= 0.3 is 0 Å². The van der Waals surface area contributed by atoms with E-state index < -0.39 is 26.4 Å². The quantitative estimate of drug-likeness (QED) is 0.415. The van der Waals surface area contributed by atoms with Crippen molar-refractivity contribution in [3.05, 3.63) is 49.5 Å². The second-order valence-electron chi connectivity index (χ2n) is 6.79. The summed E-state index contributed by atoms with van der Waals surface area (Å²) >= 11 is 1.73. The summed E-state index contributed by atoms with van der Waals surface area (Å²) in [5, 5.41) is 14.8. The van der Waals surface area contributed by atoms with Crippen molar-refractivity contribution < 1.29 is 18.1 Å². The van der Waals surface area contributed by atoms with Gasteiger partial charge in [-0.3, -0.25) is 14.9 Å². The van der Waals surface area contributed by atoms with Crippen molar-refractivity contribution in [1.29, 1.82) is 0 Å². The molecule has 0 fully saturated rings. The highest BCUT2D eigenvalue weighted by Crippen LogP contribution is 2.27. The second kappa shape index (κ2) is 8.36. The van der Waals surface area contributed by atoms with Gasteiger partial charge < -0.3 is 5.32 Å². The highest BCUT2D eigenvalue weighted by atomic mass is 32.2. The highest BCUT2D eigenvalue weighted by molar-refractivity contribution is 7.90. The van der Waals surface area contributed by atoms with Crippen LogP contribution in [-0.2, 0) is 29.1 Å². The van der Waals surface area contributed by atoms with Crippen LogP contribution in [-0.4, -0.2) is 37.0 Å². The SMILES string of the molecule is CS(=O)(=O)c1cc(C(=O)NCCCc2nc3c(s2)CCCC3)cc([N+](=O)[O-])c1. The van der Waals surface area contributed by atoms with Crippen molar-refractivity contribution in [2.75, 3.05) is 12.8 Å². The number of aryl methyl sites for hydroxylation is 3. The van der Waals surface area contributed by atoms with Gasteiger partial charge in [-0.15, -0.1) is 11.3 Å². The molecule has 1 aliphatic carbocycles. The number of benzene rings is 1. The van der Waals surface area contributed by atoms with Gasteiger partial charge in [0, 0.05) is 41.8 Å². The van der Waals surface area contributed by atoms with Crippen LogP contribution in [0.15, 0.2) is 23.1 Å². The highest BCUT2D eigenvalue weighted by Gasteiger charge is 2.19. The lowest BCUT2D eigenvalue weighted by Gasteiger charge is -2.07. The maximum Gasteiger partial charge on any atom is 0.271 e. The average Bonchev–Trinajstić information content (AvgIpc) is 3.06. The minimum absolute atomic E-state index is 0.0423. The third-order valence-corrected chi connectivity index (χ3v) is 6.84. The molecule has 0 atom stereocenters. The van der Waals surface area contributed by atoms with Gasteiger partial charge in [0.25, 0.3) is 11.6 Å². The Morgan fingerprint density at radius 2 is 2.04 bits per heavy atom. The molecule has 150 valence electrons. The van der Waals surface area contributed by atoms with Crippen LogP contribution in [0.2, 0.25) is 0 Å². The minimum atomic E-state index is -3.67. The molecule has 0 saturated carbocycles. The van der Waals surface area contributed by atoms with Gasteiger partial charge in [-0.05, 0) is 38.2 Å². The van der Waals surface area contributed by atoms with Crippen LogP contribution < -0.4 is 5.32 Å². The first kappa shape index (κ1) is 20.4. The van der Waals surface area contributed by atoms with Crippen LogP contribution in [0.4, 0.5) is 5.69 Å². The Morgan fingerprint density at radius 3 is 2.71 bits per heavy atom. The fourth-order valence-corrected chi connectivity index (χ4v) is 4.96. The molecule has 0 spiro atoms. The lowest BCUT2D eigenvalue weighted by Crippen LogP contribution is -2.25. The molecule has 1 aromatic heterocycles. The lowest BCUT2D eigenvalue weighted by molar-refractivity contribution is -0.385. The molecule has 0 unspecified atom stereocenters. The molecule has 28 heavy (non-hydrogen) atoms. The number of hydrogen-bond donors (Lipinski definition) is 1. The summed E-state index contributed by atoms with van der Waals surface area (Å²) in [5.74, 6) is -0.535. The van der Waals surface area contributed by atoms with E-state index in [2.05, 4.69) is 10.3 Å². The van der Waals surface area contributed by atoms with Crippen LogP contribution in [0.25, 0.3) is 0 Å². The molecule has 1 amide bonds. The van der Waals surface area contributed by atoms with Gasteiger partial charge in [0.15, 0.2) is 9.84 Å². The average molecular weight is 424 g/mol. The molecule has 1 aliphatic rings. The minimum Gasteiger partial charge on any atom is -0.352 e. The van der Waals surface area contributed by atoms with E-state index in [1.54, 1.807) is 11.3 Å². The molecule has 10 heteroatoms. The van der Waals surface area contributed by atoms with Gasteiger partial charge in [0.05, 0.1) is 20.5 Å². The second-order valence-corrected chi connectivity index (χ2v) is 9.97. The molecule has 1 aromatic carbocycles. The summed E-state index contributed by atoms with van der Waals surface area (Å²) in [4.78, 5) is 28.4. The fourth-order valence-electron chi connectivity index (χ4n) is 3.09. The molecule has 0 saturated heterocycles. The number of non-ortho nitro benzene ring substituents is 1. The number of nitrogens with one attached hydrogen (secondary N) is 1. The molecule has 8 nitrogen and oxygen atoms in total. The first-order valence-electron chi connectivity index (χ1n) is 8.99. The Hall–Kier alpha value is -2.33. The molecule has 0 aliphatic heterocycles. The number of carbonyl (C=O) groups excluding carboxylic acids is 1. The van der Waals surface area contributed by atoms with Crippen LogP contribution in [0.5, 0.6) is 0 Å². The molecule has 0 radical (unpaired) electrons. The van der Waals surface area contributed by atoms with E-state index in [0.717, 1.165) is 48.7 Å². The normalized spacial score (nSPS) is 13.8. The molecular formula is C18H21N3O5S2. The van der Waals surface area contributed by atoms with Gasteiger partial charge in [0.1, 0.15) is 0 Å². The number of thiazole rings is 1. The van der Waals surface area contributed by atoms with Crippen molar-refractivity contribution in [2.45, 2.75) is 43.4 Å². The van der Waals surface area contributed by atoms with E-state index in [9.17, 15) is 23.3 Å². The van der Waals surface area contributed by atoms with Gasteiger partial charge in [-0.2, -0.15) is 0 Å². The van der Waals surface area contributed by atoms with Gasteiger partial charge in [-0.1, -0.05) is 0 Å². The zero-order valence-electron chi connectivity index (χ0n) is 15.4. The fraction of sp³-hybridized carbons (Fsp3) is 0.444. The number of amides is 1. The summed E-state index contributed by atoms with van der Waals surface area (Å²) in [6.45, 7) is 0.375. The standard InChI is InChI=1S/C18H21N3O5S2/c1-28(25,26)14-10-12(9-13(11-14)21(23)24)18(22)19-8-4-7-17-20-15-5-2-3-6-16(15)27-17/h9-11H,2-8H2,1H3,(H,19,22). The predicted octanol–water partition coefficient (Wildman–Crippen LogP) is 2.70. The molecule has 1 heterocycles. The summed E-state index contributed by atoms with van der Waals surface area (Å²) in [7, 11) is -3.67. The van der Waals surface area contributed by atoms with Crippen molar-refractivity contribution in [2.24, 2.45) is 0 Å². The van der Waals surface area contributed by atoms with Crippen LogP contribution in [0.1, 0.15) is 45.2 Å². The van der Waals surface area contributed by atoms with Crippen LogP contribution >= 0.6 is 11.3 Å². The number of fused-ring (bicyclic) bond motifs is 1. The number of carbonyl (C=O) groups is 1. The lowest BCUT2D eigenvalue weighted by atomic mass is 10.0. The zero-order chi connectivity index (χ0) is 20.3. The van der Waals surface area contributed by atoms with Crippen LogP contribution in [0.3, 0.4) is 0 Å². The first-order chi connectivity index (χ1) is 13.2. The van der Waals surface area contributed by atoms with E-state index in [-0.39, 0.29) is 10.5 Å². The Kier molecular flexibility index (Phi) is 6.09. The maximum absolute atomic E-state index is 12.3. The van der Waals surface area contributed by atoms with Crippen molar-refractivity contribution >= 4 is 32.8 Å². The van der Waals surface area contributed by atoms with E-state index >= 15 is 0 Å². The predicted molar refractivity (Wildman–Crippen MR) is 106 cm³/mol. The summed E-state index contributed by atoms with van der Waals surface area (Å²) in [6, 6.07) is 3.20. The third kappa shape index (κ3) is 4.93. The van der Waals surface area contributed by atoms with Crippen molar-refractivity contribution in [3.8, 4) is 0 Å².